The summed E-state index contributed by atoms with van der Waals surface area (Å²) in [6, 6.07) is 0. The summed E-state index contributed by atoms with van der Waals surface area (Å²) in [5, 5.41) is 0. The molecule has 0 aliphatic carbocycles. The van der Waals surface area contributed by atoms with Gasteiger partial charge in [-0.1, -0.05) is 34.8 Å². The largest absolute Gasteiger partial charge is 0.459 e. The number of hydrogen-bond acceptors (Lipinski definition) is 0. The molecule has 0 rings (SSSR count). The molecule has 0 saturated heterocycles. The molecule has 1 unspecified atom stereocenters. The molecule has 11 heteroatoms. The zero-order valence-corrected chi connectivity index (χ0v) is 9.00. The van der Waals surface area contributed by atoms with Crippen molar-refractivity contribution in [1.29, 1.82) is 0 Å². The Morgan fingerprint density at radius 2 is 1.06 bits per heavy atom. The fourth-order valence-corrected chi connectivity index (χ4v) is 0.965. The molecule has 98 valence electrons. The van der Waals surface area contributed by atoms with Crippen LogP contribution in [0.1, 0.15) is 0 Å². The Morgan fingerprint density at radius 1 is 0.750 bits per heavy atom. The lowest BCUT2D eigenvalue weighted by molar-refractivity contribution is -0.365. The Morgan fingerprint density at radius 3 is 1.25 bits per heavy atom. The van der Waals surface area contributed by atoms with Gasteiger partial charge in [0.05, 0.1) is 0 Å². The van der Waals surface area contributed by atoms with E-state index in [0.717, 1.165) is 0 Å². The van der Waals surface area contributed by atoms with Crippen LogP contribution >= 0.6 is 34.8 Å². The SMILES string of the molecule is FC(C(Cl)(Cl)Cl)C(F)(F)C(F)(F)C(F)(F)F. The van der Waals surface area contributed by atoms with Crippen molar-refractivity contribution in [3.8, 4) is 0 Å². The minimum absolute atomic E-state index is 3.61. The van der Waals surface area contributed by atoms with Gasteiger partial charge in [0.2, 0.25) is 9.96 Å². The van der Waals surface area contributed by atoms with Gasteiger partial charge in [0.1, 0.15) is 0 Å². The third-order valence-corrected chi connectivity index (χ3v) is 1.96. The number of hydrogen-bond donors (Lipinski definition) is 0. The fourth-order valence-electron chi connectivity index (χ4n) is 0.554. The monoisotopic (exact) mass is 318 g/mol. The van der Waals surface area contributed by atoms with Crippen molar-refractivity contribution in [3.05, 3.63) is 0 Å². The minimum Gasteiger partial charge on any atom is -0.236 e. The van der Waals surface area contributed by atoms with E-state index in [1.165, 1.54) is 0 Å². The van der Waals surface area contributed by atoms with Crippen molar-refractivity contribution in [2.75, 3.05) is 0 Å². The lowest BCUT2D eigenvalue weighted by Crippen LogP contribution is -2.59. The van der Waals surface area contributed by atoms with E-state index < -0.39 is 28.0 Å². The first-order valence-electron chi connectivity index (χ1n) is 3.19. The third-order valence-electron chi connectivity index (χ3n) is 1.38. The second-order valence-electron chi connectivity index (χ2n) is 2.60. The second-order valence-corrected chi connectivity index (χ2v) is 4.97. The van der Waals surface area contributed by atoms with Crippen LogP contribution in [0.3, 0.4) is 0 Å². The first kappa shape index (κ1) is 16.3. The standard InChI is InChI=1S/C5HCl3F8/c6-3(7,8)1(9)2(10,11)4(12,13)5(14,15)16/h1H. The maximum absolute atomic E-state index is 12.6. The molecule has 0 aliphatic rings. The van der Waals surface area contributed by atoms with Gasteiger partial charge in [-0.05, 0) is 0 Å². The van der Waals surface area contributed by atoms with Crippen LogP contribution in [0.25, 0.3) is 0 Å². The van der Waals surface area contributed by atoms with E-state index in [2.05, 4.69) is 34.8 Å². The summed E-state index contributed by atoms with van der Waals surface area (Å²) in [5.74, 6) is -12.8. The van der Waals surface area contributed by atoms with Crippen LogP contribution < -0.4 is 0 Å². The predicted octanol–water partition coefficient (Wildman–Crippen LogP) is 4.53. The van der Waals surface area contributed by atoms with Gasteiger partial charge in [-0.25, -0.2) is 4.39 Å². The van der Waals surface area contributed by atoms with Gasteiger partial charge in [0.15, 0.2) is 0 Å². The lowest BCUT2D eigenvalue weighted by Gasteiger charge is -2.32. The maximum Gasteiger partial charge on any atom is 0.459 e. The molecule has 0 N–H and O–H groups in total. The summed E-state index contributed by atoms with van der Waals surface area (Å²) in [6.45, 7) is 0. The van der Waals surface area contributed by atoms with Crippen LogP contribution in [0.15, 0.2) is 0 Å². The molecule has 0 heterocycles. The van der Waals surface area contributed by atoms with Gasteiger partial charge in [-0.3, -0.25) is 0 Å². The van der Waals surface area contributed by atoms with Crippen LogP contribution in [0.4, 0.5) is 35.1 Å². The molecule has 0 aromatic carbocycles. The van der Waals surface area contributed by atoms with Crippen LogP contribution in [-0.2, 0) is 0 Å². The number of halogens is 11. The van der Waals surface area contributed by atoms with E-state index >= 15 is 0 Å². The van der Waals surface area contributed by atoms with Crippen LogP contribution in [-0.4, -0.2) is 28.0 Å². The van der Waals surface area contributed by atoms with Gasteiger partial charge in [0.25, 0.3) is 0 Å². The van der Waals surface area contributed by atoms with Gasteiger partial charge < -0.3 is 0 Å². The van der Waals surface area contributed by atoms with Crippen LogP contribution in [0.2, 0.25) is 0 Å². The second kappa shape index (κ2) is 4.20. The Labute approximate surface area is 98.4 Å². The first-order valence-corrected chi connectivity index (χ1v) is 4.32. The molecular weight excluding hydrogens is 318 g/mol. The minimum atomic E-state index is -6.67. The summed E-state index contributed by atoms with van der Waals surface area (Å²) in [7, 11) is 0. The molecule has 1 atom stereocenters. The van der Waals surface area contributed by atoms with Gasteiger partial charge in [-0.15, -0.1) is 0 Å². The van der Waals surface area contributed by atoms with Gasteiger partial charge in [0, 0.05) is 0 Å². The molecule has 0 saturated carbocycles. The number of rotatable bonds is 2. The fraction of sp³-hybridized carbons (Fsp3) is 1.00. The molecule has 0 amide bonds. The van der Waals surface area contributed by atoms with E-state index in [-0.39, 0.29) is 0 Å². The highest BCUT2D eigenvalue weighted by Gasteiger charge is 2.78. The molecule has 0 fully saturated rings. The zero-order valence-electron chi connectivity index (χ0n) is 6.73. The normalized spacial score (nSPS) is 17.4. The molecule has 0 aliphatic heterocycles. The summed E-state index contributed by atoms with van der Waals surface area (Å²) in [6.07, 6.45) is -11.0. The predicted molar refractivity (Wildman–Crippen MR) is 41.1 cm³/mol. The smallest absolute Gasteiger partial charge is 0.236 e. The highest BCUT2D eigenvalue weighted by Crippen LogP contribution is 2.53. The van der Waals surface area contributed by atoms with E-state index in [9.17, 15) is 35.1 Å². The Kier molecular flexibility index (Phi) is 4.28. The first-order chi connectivity index (χ1) is 6.65. The summed E-state index contributed by atoms with van der Waals surface area (Å²) < 4.78 is 93.0. The summed E-state index contributed by atoms with van der Waals surface area (Å²) in [5.41, 5.74) is 0. The highest BCUT2D eigenvalue weighted by molar-refractivity contribution is 6.68. The average Bonchev–Trinajstić information content (AvgIpc) is 1.98. The Hall–Kier alpha value is 0.310. The Bertz CT molecular complexity index is 253. The third kappa shape index (κ3) is 2.76. The molecule has 0 aromatic heterocycles. The molecule has 0 spiro atoms. The lowest BCUT2D eigenvalue weighted by atomic mass is 10.1. The van der Waals surface area contributed by atoms with E-state index in [0.29, 0.717) is 0 Å². The van der Waals surface area contributed by atoms with Crippen molar-refractivity contribution >= 4 is 34.8 Å². The molecule has 0 nitrogen and oxygen atoms in total. The number of alkyl halides is 11. The zero-order chi connectivity index (χ0) is 13.6. The Balaban J connectivity index is 5.37. The molecule has 0 radical (unpaired) electrons. The van der Waals surface area contributed by atoms with Gasteiger partial charge >= 0.3 is 18.0 Å². The van der Waals surface area contributed by atoms with Crippen molar-refractivity contribution in [2.45, 2.75) is 28.0 Å². The average molecular weight is 319 g/mol. The van der Waals surface area contributed by atoms with E-state index in [4.69, 9.17) is 0 Å². The van der Waals surface area contributed by atoms with Crippen molar-refractivity contribution in [1.82, 2.24) is 0 Å². The van der Waals surface area contributed by atoms with E-state index in [1.807, 2.05) is 0 Å². The molecule has 16 heavy (non-hydrogen) atoms. The van der Waals surface area contributed by atoms with Crippen LogP contribution in [0.5, 0.6) is 0 Å². The molecule has 0 bridgehead atoms. The van der Waals surface area contributed by atoms with Crippen molar-refractivity contribution in [3.63, 3.8) is 0 Å². The highest BCUT2D eigenvalue weighted by atomic mass is 35.6. The quantitative estimate of drug-likeness (QED) is 0.518. The maximum atomic E-state index is 12.6. The van der Waals surface area contributed by atoms with Gasteiger partial charge in [-0.2, -0.15) is 30.7 Å². The molecule has 0 aromatic rings. The van der Waals surface area contributed by atoms with Crippen molar-refractivity contribution in [2.24, 2.45) is 0 Å². The summed E-state index contributed by atoms with van der Waals surface area (Å²) >= 11 is 13.5. The summed E-state index contributed by atoms with van der Waals surface area (Å²) in [4.78, 5) is 0. The van der Waals surface area contributed by atoms with Crippen molar-refractivity contribution < 1.29 is 35.1 Å². The van der Waals surface area contributed by atoms with E-state index in [1.54, 1.807) is 0 Å². The topological polar surface area (TPSA) is 0 Å². The van der Waals surface area contributed by atoms with Crippen LogP contribution in [0, 0.1) is 0 Å². The molecular formula is C5HCl3F8.